The van der Waals surface area contributed by atoms with Gasteiger partial charge < -0.3 is 9.84 Å². The number of rotatable bonds is 6. The maximum atomic E-state index is 13.5. The van der Waals surface area contributed by atoms with Crippen LogP contribution in [0.15, 0.2) is 33.7 Å². The lowest BCUT2D eigenvalue weighted by atomic mass is 10.1. The fourth-order valence-corrected chi connectivity index (χ4v) is 2.57. The number of halogens is 1. The molecule has 0 aliphatic rings. The van der Waals surface area contributed by atoms with E-state index in [-0.39, 0.29) is 11.4 Å². The van der Waals surface area contributed by atoms with E-state index in [2.05, 4.69) is 15.5 Å². The van der Waals surface area contributed by atoms with Crippen LogP contribution in [0.5, 0.6) is 0 Å². The quantitative estimate of drug-likeness (QED) is 0.828. The van der Waals surface area contributed by atoms with Crippen molar-refractivity contribution in [1.82, 2.24) is 15.5 Å². The van der Waals surface area contributed by atoms with Crippen molar-refractivity contribution < 1.29 is 8.91 Å². The topological polar surface area (TPSA) is 51.0 Å². The predicted octanol–water partition coefficient (Wildman–Crippen LogP) is 3.35. The molecule has 0 saturated heterocycles. The summed E-state index contributed by atoms with van der Waals surface area (Å²) in [4.78, 5) is 4.95. The van der Waals surface area contributed by atoms with Crippen LogP contribution < -0.4 is 5.32 Å². The fraction of sp³-hybridized carbons (Fsp3) is 0.429. The second-order valence-electron chi connectivity index (χ2n) is 4.89. The number of aromatic nitrogens is 2. The monoisotopic (exact) mass is 295 g/mol. The molecule has 0 amide bonds. The Hall–Kier alpha value is -1.40. The molecule has 0 saturated carbocycles. The minimum atomic E-state index is -0.358. The molecule has 0 radical (unpaired) electrons. The molecule has 0 atom stereocenters. The Morgan fingerprint density at radius 1 is 1.35 bits per heavy atom. The van der Waals surface area contributed by atoms with Crippen LogP contribution in [0.3, 0.4) is 0 Å². The molecule has 0 bridgehead atoms. The predicted molar refractivity (Wildman–Crippen MR) is 77.0 cm³/mol. The molecule has 1 aromatic heterocycles. The van der Waals surface area contributed by atoms with Crippen LogP contribution in [0.4, 0.5) is 4.39 Å². The van der Waals surface area contributed by atoms with Gasteiger partial charge in [0.15, 0.2) is 5.82 Å². The molecular weight excluding hydrogens is 277 g/mol. The van der Waals surface area contributed by atoms with Gasteiger partial charge in [0.1, 0.15) is 5.82 Å². The fourth-order valence-electron chi connectivity index (χ4n) is 1.79. The van der Waals surface area contributed by atoms with Crippen molar-refractivity contribution in [2.24, 2.45) is 0 Å². The SMILES string of the molecule is CCNC(C)(C)c1nc(CSc2ccccc2F)no1. The van der Waals surface area contributed by atoms with E-state index in [1.54, 1.807) is 18.2 Å². The highest BCUT2D eigenvalue weighted by Crippen LogP contribution is 2.25. The molecule has 1 heterocycles. The first kappa shape index (κ1) is 15.0. The van der Waals surface area contributed by atoms with Crippen molar-refractivity contribution in [1.29, 1.82) is 0 Å². The van der Waals surface area contributed by atoms with Crippen molar-refractivity contribution >= 4 is 11.8 Å². The third-order valence-electron chi connectivity index (χ3n) is 2.81. The maximum Gasteiger partial charge on any atom is 0.246 e. The molecule has 1 aromatic carbocycles. The highest BCUT2D eigenvalue weighted by atomic mass is 32.2. The van der Waals surface area contributed by atoms with Crippen LogP contribution in [0.2, 0.25) is 0 Å². The van der Waals surface area contributed by atoms with E-state index in [1.807, 2.05) is 20.8 Å². The summed E-state index contributed by atoms with van der Waals surface area (Å²) < 4.78 is 18.8. The first-order chi connectivity index (χ1) is 9.53. The smallest absolute Gasteiger partial charge is 0.246 e. The summed E-state index contributed by atoms with van der Waals surface area (Å²) in [6.07, 6.45) is 0. The van der Waals surface area contributed by atoms with E-state index in [4.69, 9.17) is 4.52 Å². The van der Waals surface area contributed by atoms with Crippen LogP contribution in [-0.2, 0) is 11.3 Å². The molecule has 0 aliphatic carbocycles. The summed E-state index contributed by atoms with van der Waals surface area (Å²) >= 11 is 1.36. The first-order valence-electron chi connectivity index (χ1n) is 6.48. The summed E-state index contributed by atoms with van der Waals surface area (Å²) in [6, 6.07) is 6.66. The number of hydrogen-bond donors (Lipinski definition) is 1. The number of benzene rings is 1. The van der Waals surface area contributed by atoms with Crippen molar-refractivity contribution in [3.8, 4) is 0 Å². The Balaban J connectivity index is 2.02. The van der Waals surface area contributed by atoms with Crippen molar-refractivity contribution in [3.63, 3.8) is 0 Å². The van der Waals surface area contributed by atoms with Gasteiger partial charge in [-0.1, -0.05) is 24.2 Å². The van der Waals surface area contributed by atoms with Crippen LogP contribution >= 0.6 is 11.8 Å². The number of hydrogen-bond acceptors (Lipinski definition) is 5. The van der Waals surface area contributed by atoms with Gasteiger partial charge in [0.25, 0.3) is 0 Å². The molecular formula is C14H18FN3OS. The largest absolute Gasteiger partial charge is 0.337 e. The molecule has 0 unspecified atom stereocenters. The molecule has 2 aromatic rings. The molecule has 2 rings (SSSR count). The normalized spacial score (nSPS) is 11.8. The van der Waals surface area contributed by atoms with E-state index < -0.39 is 0 Å². The summed E-state index contributed by atoms with van der Waals surface area (Å²) in [5.41, 5.74) is -0.358. The molecule has 20 heavy (non-hydrogen) atoms. The molecule has 108 valence electrons. The van der Waals surface area contributed by atoms with Gasteiger partial charge in [-0.15, -0.1) is 11.8 Å². The van der Waals surface area contributed by atoms with Crippen LogP contribution in [0.25, 0.3) is 0 Å². The van der Waals surface area contributed by atoms with Crippen molar-refractivity contribution in [2.45, 2.75) is 37.0 Å². The zero-order valence-corrected chi connectivity index (χ0v) is 12.6. The van der Waals surface area contributed by atoms with Gasteiger partial charge >= 0.3 is 0 Å². The number of nitrogens with one attached hydrogen (secondary N) is 1. The Morgan fingerprint density at radius 3 is 2.80 bits per heavy atom. The van der Waals surface area contributed by atoms with Gasteiger partial charge in [-0.2, -0.15) is 4.98 Å². The highest BCUT2D eigenvalue weighted by molar-refractivity contribution is 7.98. The van der Waals surface area contributed by atoms with Crippen LogP contribution in [0.1, 0.15) is 32.5 Å². The third-order valence-corrected chi connectivity index (χ3v) is 3.86. The minimum absolute atomic E-state index is 0.228. The van der Waals surface area contributed by atoms with Crippen molar-refractivity contribution in [3.05, 3.63) is 41.8 Å². The lowest BCUT2D eigenvalue weighted by molar-refractivity contribution is 0.271. The minimum Gasteiger partial charge on any atom is -0.337 e. The Morgan fingerprint density at radius 2 is 2.10 bits per heavy atom. The maximum absolute atomic E-state index is 13.5. The molecule has 0 spiro atoms. The molecule has 0 fully saturated rings. The average Bonchev–Trinajstić information content (AvgIpc) is 2.87. The van der Waals surface area contributed by atoms with Crippen LogP contribution in [-0.4, -0.2) is 16.7 Å². The van der Waals surface area contributed by atoms with Gasteiger partial charge in [0, 0.05) is 4.90 Å². The summed E-state index contributed by atoms with van der Waals surface area (Å²) in [5, 5.41) is 7.21. The van der Waals surface area contributed by atoms with Gasteiger partial charge in [-0.05, 0) is 32.5 Å². The molecule has 1 N–H and O–H groups in total. The Bertz CT molecular complexity index is 571. The van der Waals surface area contributed by atoms with Crippen LogP contribution in [0, 0.1) is 5.82 Å². The van der Waals surface area contributed by atoms with E-state index in [0.717, 1.165) is 6.54 Å². The molecule has 6 heteroatoms. The van der Waals surface area contributed by atoms with E-state index in [9.17, 15) is 4.39 Å². The number of nitrogens with zero attached hydrogens (tertiary/aromatic N) is 2. The lowest BCUT2D eigenvalue weighted by Crippen LogP contribution is -2.36. The van der Waals surface area contributed by atoms with E-state index in [0.29, 0.717) is 22.4 Å². The van der Waals surface area contributed by atoms with Gasteiger partial charge in [-0.25, -0.2) is 4.39 Å². The zero-order chi connectivity index (χ0) is 14.6. The van der Waals surface area contributed by atoms with Gasteiger partial charge in [0.2, 0.25) is 5.89 Å². The van der Waals surface area contributed by atoms with Gasteiger partial charge in [-0.3, -0.25) is 0 Å². The second-order valence-corrected chi connectivity index (χ2v) is 5.91. The average molecular weight is 295 g/mol. The first-order valence-corrected chi connectivity index (χ1v) is 7.47. The second kappa shape index (κ2) is 6.37. The zero-order valence-electron chi connectivity index (χ0n) is 11.8. The Kier molecular flexibility index (Phi) is 4.77. The van der Waals surface area contributed by atoms with E-state index in [1.165, 1.54) is 17.8 Å². The highest BCUT2D eigenvalue weighted by Gasteiger charge is 2.26. The third kappa shape index (κ3) is 3.58. The van der Waals surface area contributed by atoms with E-state index >= 15 is 0 Å². The summed E-state index contributed by atoms with van der Waals surface area (Å²) in [6.45, 7) is 6.80. The standard InChI is InChI=1S/C14H18FN3OS/c1-4-16-14(2,3)13-17-12(18-19-13)9-20-11-8-6-5-7-10(11)15/h5-8,16H,4,9H2,1-3H3. The lowest BCUT2D eigenvalue weighted by Gasteiger charge is -2.20. The molecule has 4 nitrogen and oxygen atoms in total. The van der Waals surface area contributed by atoms with Gasteiger partial charge in [0.05, 0.1) is 11.3 Å². The summed E-state index contributed by atoms with van der Waals surface area (Å²) in [7, 11) is 0. The Labute approximate surface area is 122 Å². The van der Waals surface area contributed by atoms with Crippen molar-refractivity contribution in [2.75, 3.05) is 6.54 Å². The summed E-state index contributed by atoms with van der Waals surface area (Å²) in [5.74, 6) is 1.36. The number of thioether (sulfide) groups is 1. The molecule has 0 aliphatic heterocycles.